The summed E-state index contributed by atoms with van der Waals surface area (Å²) in [4.78, 5) is 2.34. The quantitative estimate of drug-likeness (QED) is 0.687. The molecule has 0 N–H and O–H groups in total. The Morgan fingerprint density at radius 2 is 2.15 bits per heavy atom. The standard InChI is InChI=1S/C10H15N3/c1-2-9-5-6-11-12-10(9)13-7-3-4-8-13/h5-6H,2-4,7-8H2,1H3. The normalized spacial score (nSPS) is 16.5. The molecule has 0 bridgehead atoms. The average Bonchev–Trinajstić information content (AvgIpc) is 2.70. The summed E-state index contributed by atoms with van der Waals surface area (Å²) in [6.07, 6.45) is 5.40. The molecule has 0 amide bonds. The molecule has 0 aromatic carbocycles. The van der Waals surface area contributed by atoms with Crippen molar-refractivity contribution in [3.8, 4) is 0 Å². The lowest BCUT2D eigenvalue weighted by atomic mass is 10.2. The minimum Gasteiger partial charge on any atom is -0.355 e. The van der Waals surface area contributed by atoms with Crippen LogP contribution in [0.5, 0.6) is 0 Å². The fourth-order valence-electron chi connectivity index (χ4n) is 1.82. The van der Waals surface area contributed by atoms with Crippen molar-refractivity contribution in [1.82, 2.24) is 10.2 Å². The SMILES string of the molecule is CCc1ccnnc1N1CCCC1. The maximum Gasteiger partial charge on any atom is 0.154 e. The summed E-state index contributed by atoms with van der Waals surface area (Å²) in [6, 6.07) is 2.07. The zero-order valence-electron chi connectivity index (χ0n) is 8.03. The van der Waals surface area contributed by atoms with E-state index in [-0.39, 0.29) is 0 Å². The molecule has 0 spiro atoms. The topological polar surface area (TPSA) is 29.0 Å². The lowest BCUT2D eigenvalue weighted by molar-refractivity contribution is 0.869. The van der Waals surface area contributed by atoms with E-state index in [4.69, 9.17) is 0 Å². The van der Waals surface area contributed by atoms with Crippen molar-refractivity contribution in [2.45, 2.75) is 26.2 Å². The first-order chi connectivity index (χ1) is 6.42. The molecule has 2 rings (SSSR count). The second kappa shape index (κ2) is 3.73. The van der Waals surface area contributed by atoms with Crippen LogP contribution in [-0.4, -0.2) is 23.3 Å². The molecule has 3 nitrogen and oxygen atoms in total. The molecule has 0 radical (unpaired) electrons. The van der Waals surface area contributed by atoms with E-state index in [2.05, 4.69) is 28.1 Å². The molecule has 13 heavy (non-hydrogen) atoms. The minimum absolute atomic E-state index is 1.04. The summed E-state index contributed by atoms with van der Waals surface area (Å²) in [5.41, 5.74) is 1.32. The summed E-state index contributed by atoms with van der Waals surface area (Å²) in [7, 11) is 0. The van der Waals surface area contributed by atoms with Crippen LogP contribution in [0.3, 0.4) is 0 Å². The van der Waals surface area contributed by atoms with Gasteiger partial charge in [0.1, 0.15) is 0 Å². The van der Waals surface area contributed by atoms with Gasteiger partial charge in [0.15, 0.2) is 5.82 Å². The Balaban J connectivity index is 2.26. The Morgan fingerprint density at radius 1 is 1.38 bits per heavy atom. The maximum atomic E-state index is 4.21. The van der Waals surface area contributed by atoms with Gasteiger partial charge in [-0.25, -0.2) is 0 Å². The van der Waals surface area contributed by atoms with Gasteiger partial charge in [0.25, 0.3) is 0 Å². The molecule has 0 atom stereocenters. The number of anilines is 1. The van der Waals surface area contributed by atoms with Gasteiger partial charge in [-0.2, -0.15) is 5.10 Å². The summed E-state index contributed by atoms with van der Waals surface area (Å²) in [5, 5.41) is 8.15. The molecular formula is C10H15N3. The highest BCUT2D eigenvalue weighted by atomic mass is 15.3. The fourth-order valence-corrected chi connectivity index (χ4v) is 1.82. The van der Waals surface area contributed by atoms with Crippen LogP contribution < -0.4 is 4.90 Å². The Bertz CT molecular complexity index is 279. The highest BCUT2D eigenvalue weighted by Crippen LogP contribution is 2.21. The van der Waals surface area contributed by atoms with E-state index in [0.717, 1.165) is 25.3 Å². The molecule has 0 unspecified atom stereocenters. The molecule has 1 aromatic heterocycles. The lowest BCUT2D eigenvalue weighted by Gasteiger charge is -2.17. The van der Waals surface area contributed by atoms with Crippen molar-refractivity contribution < 1.29 is 0 Å². The van der Waals surface area contributed by atoms with Crippen LogP contribution in [0.25, 0.3) is 0 Å². The molecule has 70 valence electrons. The average molecular weight is 177 g/mol. The van der Waals surface area contributed by atoms with Crippen molar-refractivity contribution in [2.24, 2.45) is 0 Å². The van der Waals surface area contributed by atoms with Crippen LogP contribution in [0, 0.1) is 0 Å². The number of hydrogen-bond acceptors (Lipinski definition) is 3. The van der Waals surface area contributed by atoms with Crippen LogP contribution in [0.2, 0.25) is 0 Å². The third-order valence-electron chi connectivity index (χ3n) is 2.57. The molecule has 1 fully saturated rings. The highest BCUT2D eigenvalue weighted by molar-refractivity contribution is 5.46. The van der Waals surface area contributed by atoms with E-state index in [1.807, 2.05) is 0 Å². The second-order valence-electron chi connectivity index (χ2n) is 3.43. The molecule has 0 saturated carbocycles. The third kappa shape index (κ3) is 1.64. The predicted octanol–water partition coefficient (Wildman–Crippen LogP) is 1.64. The summed E-state index contributed by atoms with van der Waals surface area (Å²) in [6.45, 7) is 4.45. The zero-order valence-corrected chi connectivity index (χ0v) is 8.03. The van der Waals surface area contributed by atoms with Gasteiger partial charge < -0.3 is 4.90 Å². The van der Waals surface area contributed by atoms with Gasteiger partial charge >= 0.3 is 0 Å². The van der Waals surface area contributed by atoms with Crippen LogP contribution in [0.15, 0.2) is 12.3 Å². The number of nitrogens with zero attached hydrogens (tertiary/aromatic N) is 3. The Labute approximate surface area is 78.8 Å². The molecule has 1 aliphatic rings. The number of aromatic nitrogens is 2. The van der Waals surface area contributed by atoms with Crippen molar-refractivity contribution in [3.05, 3.63) is 17.8 Å². The molecule has 1 aromatic rings. The van der Waals surface area contributed by atoms with Gasteiger partial charge in [-0.1, -0.05) is 6.92 Å². The lowest BCUT2D eigenvalue weighted by Crippen LogP contribution is -2.20. The predicted molar refractivity (Wildman–Crippen MR) is 52.9 cm³/mol. The first-order valence-electron chi connectivity index (χ1n) is 4.97. The molecular weight excluding hydrogens is 162 g/mol. The number of rotatable bonds is 2. The molecule has 2 heterocycles. The van der Waals surface area contributed by atoms with Gasteiger partial charge in [0.05, 0.1) is 6.20 Å². The summed E-state index contributed by atoms with van der Waals surface area (Å²) < 4.78 is 0. The number of hydrogen-bond donors (Lipinski definition) is 0. The van der Waals surface area contributed by atoms with Crippen molar-refractivity contribution >= 4 is 5.82 Å². The molecule has 1 aliphatic heterocycles. The molecule has 0 aliphatic carbocycles. The van der Waals surface area contributed by atoms with Gasteiger partial charge in [-0.3, -0.25) is 0 Å². The Hall–Kier alpha value is -1.12. The van der Waals surface area contributed by atoms with E-state index >= 15 is 0 Å². The van der Waals surface area contributed by atoms with Crippen molar-refractivity contribution in [3.63, 3.8) is 0 Å². The largest absolute Gasteiger partial charge is 0.355 e. The monoisotopic (exact) mass is 177 g/mol. The van der Waals surface area contributed by atoms with Gasteiger partial charge in [0.2, 0.25) is 0 Å². The first-order valence-corrected chi connectivity index (χ1v) is 4.97. The fraction of sp³-hybridized carbons (Fsp3) is 0.600. The van der Waals surface area contributed by atoms with Crippen LogP contribution in [0.1, 0.15) is 25.3 Å². The van der Waals surface area contributed by atoms with E-state index in [1.54, 1.807) is 6.20 Å². The van der Waals surface area contributed by atoms with Gasteiger partial charge in [0, 0.05) is 13.1 Å². The highest BCUT2D eigenvalue weighted by Gasteiger charge is 2.16. The second-order valence-corrected chi connectivity index (χ2v) is 3.43. The van der Waals surface area contributed by atoms with Crippen molar-refractivity contribution in [2.75, 3.05) is 18.0 Å². The molecule has 3 heteroatoms. The van der Waals surface area contributed by atoms with Crippen LogP contribution >= 0.6 is 0 Å². The number of aryl methyl sites for hydroxylation is 1. The van der Waals surface area contributed by atoms with Crippen molar-refractivity contribution in [1.29, 1.82) is 0 Å². The first kappa shape index (κ1) is 8.48. The Morgan fingerprint density at radius 3 is 2.85 bits per heavy atom. The molecule has 1 saturated heterocycles. The van der Waals surface area contributed by atoms with E-state index < -0.39 is 0 Å². The minimum atomic E-state index is 1.04. The smallest absolute Gasteiger partial charge is 0.154 e. The summed E-state index contributed by atoms with van der Waals surface area (Å²) in [5.74, 6) is 1.10. The van der Waals surface area contributed by atoms with Crippen LogP contribution in [-0.2, 0) is 6.42 Å². The van der Waals surface area contributed by atoms with E-state index in [1.165, 1.54) is 18.4 Å². The third-order valence-corrected chi connectivity index (χ3v) is 2.57. The zero-order chi connectivity index (χ0) is 9.10. The maximum absolute atomic E-state index is 4.21. The van der Waals surface area contributed by atoms with Crippen LogP contribution in [0.4, 0.5) is 5.82 Å². The van der Waals surface area contributed by atoms with Gasteiger partial charge in [-0.05, 0) is 30.9 Å². The summed E-state index contributed by atoms with van der Waals surface area (Å²) >= 11 is 0. The van der Waals surface area contributed by atoms with Gasteiger partial charge in [-0.15, -0.1) is 5.10 Å². The van der Waals surface area contributed by atoms with E-state index in [0.29, 0.717) is 0 Å². The Kier molecular flexibility index (Phi) is 2.43. The van der Waals surface area contributed by atoms with E-state index in [9.17, 15) is 0 Å².